The molecule has 0 nitrogen and oxygen atoms in total. The van der Waals surface area contributed by atoms with Crippen molar-refractivity contribution in [3.63, 3.8) is 0 Å². The molecule has 0 unspecified atom stereocenters. The average Bonchev–Trinajstić information content (AvgIpc) is 2.29. The van der Waals surface area contributed by atoms with Crippen LogP contribution in [0.2, 0.25) is 5.02 Å². The van der Waals surface area contributed by atoms with Gasteiger partial charge in [0.15, 0.2) is 0 Å². The Morgan fingerprint density at radius 3 is 2.56 bits per heavy atom. The number of benzene rings is 2. The van der Waals surface area contributed by atoms with Crippen LogP contribution in [0.25, 0.3) is 5.57 Å². The lowest BCUT2D eigenvalue weighted by atomic mass is 9.83. The molecule has 0 N–H and O–H groups in total. The maximum Gasteiger partial charge on any atom is 0.0487 e. The number of hydrogen-bond donors (Lipinski definition) is 0. The molecule has 1 aliphatic carbocycles. The molecule has 2 aromatic carbocycles. The van der Waals surface area contributed by atoms with Gasteiger partial charge in [0.2, 0.25) is 0 Å². The van der Waals surface area contributed by atoms with E-state index in [2.05, 4.69) is 30.8 Å². The van der Waals surface area contributed by atoms with Crippen molar-refractivity contribution < 1.29 is 0 Å². The summed E-state index contributed by atoms with van der Waals surface area (Å²) < 4.78 is 0. The zero-order valence-electron chi connectivity index (χ0n) is 8.83. The molecule has 78 valence electrons. The van der Waals surface area contributed by atoms with E-state index in [-0.39, 0.29) is 0 Å². The lowest BCUT2D eigenvalue weighted by molar-refractivity contribution is 1.14. The SMILES string of the molecule is C=C1c2ccccc2Cc2cccc(Cl)c21. The van der Waals surface area contributed by atoms with Gasteiger partial charge in [-0.1, -0.05) is 54.6 Å². The summed E-state index contributed by atoms with van der Waals surface area (Å²) in [7, 11) is 0. The fraction of sp³-hybridized carbons (Fsp3) is 0.0667. The van der Waals surface area contributed by atoms with E-state index in [1.54, 1.807) is 0 Å². The van der Waals surface area contributed by atoms with Gasteiger partial charge in [0, 0.05) is 10.6 Å². The van der Waals surface area contributed by atoms with Crippen LogP contribution >= 0.6 is 11.6 Å². The van der Waals surface area contributed by atoms with Gasteiger partial charge < -0.3 is 0 Å². The third-order valence-corrected chi connectivity index (χ3v) is 3.44. The quantitative estimate of drug-likeness (QED) is 0.536. The number of fused-ring (bicyclic) bond motifs is 2. The molecule has 0 aromatic heterocycles. The average molecular weight is 227 g/mol. The summed E-state index contributed by atoms with van der Waals surface area (Å²) in [5, 5.41) is 0.803. The molecular weight excluding hydrogens is 216 g/mol. The monoisotopic (exact) mass is 226 g/mol. The van der Waals surface area contributed by atoms with Crippen molar-refractivity contribution in [1.29, 1.82) is 0 Å². The first-order valence-electron chi connectivity index (χ1n) is 5.32. The van der Waals surface area contributed by atoms with E-state index in [0.29, 0.717) is 0 Å². The Hall–Kier alpha value is -1.53. The molecule has 0 bridgehead atoms. The van der Waals surface area contributed by atoms with Crippen LogP contribution in [0.1, 0.15) is 22.3 Å². The van der Waals surface area contributed by atoms with Crippen LogP contribution in [-0.2, 0) is 6.42 Å². The van der Waals surface area contributed by atoms with Crippen molar-refractivity contribution in [2.75, 3.05) is 0 Å². The highest BCUT2D eigenvalue weighted by atomic mass is 35.5. The molecule has 1 aliphatic rings. The normalized spacial score (nSPS) is 13.2. The van der Waals surface area contributed by atoms with E-state index in [1.807, 2.05) is 18.2 Å². The van der Waals surface area contributed by atoms with Crippen molar-refractivity contribution in [1.82, 2.24) is 0 Å². The molecule has 2 aromatic rings. The maximum atomic E-state index is 6.24. The van der Waals surface area contributed by atoms with Crippen molar-refractivity contribution in [3.05, 3.63) is 76.3 Å². The van der Waals surface area contributed by atoms with Gasteiger partial charge in [-0.2, -0.15) is 0 Å². The number of hydrogen-bond acceptors (Lipinski definition) is 0. The highest BCUT2D eigenvalue weighted by Crippen LogP contribution is 2.38. The number of halogens is 1. The van der Waals surface area contributed by atoms with Crippen molar-refractivity contribution in [2.45, 2.75) is 6.42 Å². The van der Waals surface area contributed by atoms with E-state index in [9.17, 15) is 0 Å². The zero-order valence-corrected chi connectivity index (χ0v) is 9.59. The Morgan fingerprint density at radius 1 is 0.938 bits per heavy atom. The lowest BCUT2D eigenvalue weighted by Crippen LogP contribution is -2.06. The summed E-state index contributed by atoms with van der Waals surface area (Å²) in [4.78, 5) is 0. The number of rotatable bonds is 0. The summed E-state index contributed by atoms with van der Waals surface area (Å²) in [6.45, 7) is 4.17. The first kappa shape index (κ1) is 9.68. The minimum absolute atomic E-state index is 0.803. The van der Waals surface area contributed by atoms with Crippen LogP contribution in [0.15, 0.2) is 49.0 Å². The van der Waals surface area contributed by atoms with Gasteiger partial charge in [0.25, 0.3) is 0 Å². The zero-order chi connectivity index (χ0) is 11.1. The smallest absolute Gasteiger partial charge is 0.0487 e. The second kappa shape index (κ2) is 3.50. The summed E-state index contributed by atoms with van der Waals surface area (Å²) in [6, 6.07) is 14.5. The van der Waals surface area contributed by atoms with Gasteiger partial charge in [-0.05, 0) is 34.8 Å². The molecule has 0 saturated carbocycles. The van der Waals surface area contributed by atoms with Gasteiger partial charge in [0.1, 0.15) is 0 Å². The Kier molecular flexibility index (Phi) is 2.12. The van der Waals surface area contributed by atoms with E-state index >= 15 is 0 Å². The van der Waals surface area contributed by atoms with Crippen LogP contribution in [0.3, 0.4) is 0 Å². The summed E-state index contributed by atoms with van der Waals surface area (Å²) in [5.41, 5.74) is 5.99. The van der Waals surface area contributed by atoms with E-state index in [0.717, 1.165) is 22.6 Å². The van der Waals surface area contributed by atoms with E-state index in [4.69, 9.17) is 11.6 Å². The van der Waals surface area contributed by atoms with Crippen molar-refractivity contribution >= 4 is 17.2 Å². The summed E-state index contributed by atoms with van der Waals surface area (Å²) >= 11 is 6.24. The van der Waals surface area contributed by atoms with Crippen molar-refractivity contribution in [3.8, 4) is 0 Å². The molecule has 0 heterocycles. The van der Waals surface area contributed by atoms with Gasteiger partial charge in [-0.25, -0.2) is 0 Å². The Labute approximate surface area is 100 Å². The van der Waals surface area contributed by atoms with Crippen LogP contribution in [0, 0.1) is 0 Å². The highest BCUT2D eigenvalue weighted by Gasteiger charge is 2.19. The molecule has 0 amide bonds. The van der Waals surface area contributed by atoms with Crippen LogP contribution in [-0.4, -0.2) is 0 Å². The lowest BCUT2D eigenvalue weighted by Gasteiger charge is -2.22. The van der Waals surface area contributed by atoms with E-state index in [1.165, 1.54) is 16.7 Å². The minimum atomic E-state index is 0.803. The molecule has 3 rings (SSSR count). The summed E-state index contributed by atoms with van der Waals surface area (Å²) in [6.07, 6.45) is 0.949. The fourth-order valence-corrected chi connectivity index (χ4v) is 2.67. The third kappa shape index (κ3) is 1.30. The van der Waals surface area contributed by atoms with Crippen molar-refractivity contribution in [2.24, 2.45) is 0 Å². The molecule has 1 heteroatoms. The predicted octanol–water partition coefficient (Wildman–Crippen LogP) is 4.31. The first-order chi connectivity index (χ1) is 7.77. The van der Waals surface area contributed by atoms with Gasteiger partial charge in [-0.15, -0.1) is 0 Å². The molecule has 0 atom stereocenters. The molecule has 16 heavy (non-hydrogen) atoms. The topological polar surface area (TPSA) is 0 Å². The molecule has 0 saturated heterocycles. The molecular formula is C15H11Cl. The summed E-state index contributed by atoms with van der Waals surface area (Å²) in [5.74, 6) is 0. The van der Waals surface area contributed by atoms with E-state index < -0.39 is 0 Å². The van der Waals surface area contributed by atoms with Crippen LogP contribution in [0.4, 0.5) is 0 Å². The standard InChI is InChI=1S/C15H11Cl/c1-10-13-7-3-2-5-11(13)9-12-6-4-8-14(16)15(10)12/h2-8H,1,9H2. The second-order valence-electron chi connectivity index (χ2n) is 4.09. The minimum Gasteiger partial charge on any atom is -0.0905 e. The maximum absolute atomic E-state index is 6.24. The molecule has 0 radical (unpaired) electrons. The van der Waals surface area contributed by atoms with Gasteiger partial charge in [-0.3, -0.25) is 0 Å². The predicted molar refractivity (Wildman–Crippen MR) is 68.8 cm³/mol. The second-order valence-corrected chi connectivity index (χ2v) is 4.49. The third-order valence-electron chi connectivity index (χ3n) is 3.13. The fourth-order valence-electron chi connectivity index (χ4n) is 2.36. The van der Waals surface area contributed by atoms with Gasteiger partial charge in [0.05, 0.1) is 0 Å². The molecule has 0 fully saturated rings. The van der Waals surface area contributed by atoms with Gasteiger partial charge >= 0.3 is 0 Å². The highest BCUT2D eigenvalue weighted by molar-refractivity contribution is 6.32. The van der Waals surface area contributed by atoms with Crippen LogP contribution in [0.5, 0.6) is 0 Å². The van der Waals surface area contributed by atoms with Crippen LogP contribution < -0.4 is 0 Å². The Balaban J connectivity index is 2.27. The Morgan fingerprint density at radius 2 is 1.69 bits per heavy atom. The Bertz CT molecular complexity index is 582. The molecule has 0 spiro atoms. The largest absolute Gasteiger partial charge is 0.0905 e. The molecule has 0 aliphatic heterocycles. The first-order valence-corrected chi connectivity index (χ1v) is 5.70.